The third-order valence-corrected chi connectivity index (χ3v) is 7.07. The second-order valence-corrected chi connectivity index (χ2v) is 9.59. The highest BCUT2D eigenvalue weighted by molar-refractivity contribution is 7.99. The van der Waals surface area contributed by atoms with Crippen LogP contribution in [0, 0.1) is 0 Å². The molecule has 5 N–H and O–H groups in total. The Balaban J connectivity index is 1.37. The summed E-state index contributed by atoms with van der Waals surface area (Å²) >= 11 is 1.66. The number of benzene rings is 2. The van der Waals surface area contributed by atoms with Crippen molar-refractivity contribution >= 4 is 34.5 Å². The number of fused-ring (bicyclic) bond motifs is 1. The van der Waals surface area contributed by atoms with E-state index in [0.29, 0.717) is 13.0 Å². The Morgan fingerprint density at radius 3 is 2.71 bits per heavy atom. The van der Waals surface area contributed by atoms with E-state index in [-0.39, 0.29) is 36.5 Å². The van der Waals surface area contributed by atoms with Gasteiger partial charge in [-0.2, -0.15) is 0 Å². The monoisotopic (exact) mass is 477 g/mol. The summed E-state index contributed by atoms with van der Waals surface area (Å²) in [6, 6.07) is 22.1. The van der Waals surface area contributed by atoms with Crippen LogP contribution in [0.15, 0.2) is 71.8 Å². The van der Waals surface area contributed by atoms with E-state index in [0.717, 1.165) is 34.5 Å². The second-order valence-electron chi connectivity index (χ2n) is 8.55. The lowest BCUT2D eigenvalue weighted by atomic mass is 10.1. The minimum Gasteiger partial charge on any atom is -0.351 e. The van der Waals surface area contributed by atoms with Crippen molar-refractivity contribution < 1.29 is 9.59 Å². The van der Waals surface area contributed by atoms with Gasteiger partial charge < -0.3 is 21.7 Å². The Morgan fingerprint density at radius 2 is 1.88 bits per heavy atom. The van der Waals surface area contributed by atoms with Gasteiger partial charge in [-0.25, -0.2) is 4.98 Å². The standard InChI is InChI=1S/C26H31N5O2S/c27-15-24(32)29-21-14-23(28-16-21)26(33)30-20(12-10-18-6-2-1-3-7-18)17-34-25-13-11-19-8-4-5-9-22(19)31-25/h1-9,11,13,20-21,23,28H,10,12,14-17,27H2,(H,29,32)(H,30,33). The number of pyridine rings is 1. The van der Waals surface area contributed by atoms with Crippen LogP contribution in [-0.2, 0) is 16.0 Å². The summed E-state index contributed by atoms with van der Waals surface area (Å²) in [6.07, 6.45) is 2.27. The zero-order valence-corrected chi connectivity index (χ0v) is 19.9. The van der Waals surface area contributed by atoms with Crippen molar-refractivity contribution in [1.29, 1.82) is 0 Å². The molecule has 1 aromatic heterocycles. The minimum atomic E-state index is -0.328. The number of aromatic nitrogens is 1. The van der Waals surface area contributed by atoms with Crippen LogP contribution in [0.25, 0.3) is 10.9 Å². The number of hydrogen-bond donors (Lipinski definition) is 4. The Morgan fingerprint density at radius 1 is 1.09 bits per heavy atom. The molecule has 2 aromatic carbocycles. The van der Waals surface area contributed by atoms with Gasteiger partial charge in [-0.1, -0.05) is 54.6 Å². The lowest BCUT2D eigenvalue weighted by Gasteiger charge is -2.21. The van der Waals surface area contributed by atoms with Gasteiger partial charge in [0, 0.05) is 29.8 Å². The van der Waals surface area contributed by atoms with E-state index in [1.165, 1.54) is 5.56 Å². The van der Waals surface area contributed by atoms with Crippen molar-refractivity contribution in [3.8, 4) is 0 Å². The molecule has 0 saturated carbocycles. The Hall–Kier alpha value is -2.94. The quantitative estimate of drug-likeness (QED) is 0.334. The summed E-state index contributed by atoms with van der Waals surface area (Å²) < 4.78 is 0. The molecule has 7 nitrogen and oxygen atoms in total. The summed E-state index contributed by atoms with van der Waals surface area (Å²) in [5, 5.41) is 11.4. The maximum atomic E-state index is 13.0. The Bertz CT molecular complexity index is 1110. The van der Waals surface area contributed by atoms with Gasteiger partial charge in [0.05, 0.1) is 23.1 Å². The molecule has 3 atom stereocenters. The number of nitrogens with two attached hydrogens (primary N) is 1. The Kier molecular flexibility index (Phi) is 8.51. The maximum absolute atomic E-state index is 13.0. The first-order valence-corrected chi connectivity index (χ1v) is 12.6. The highest BCUT2D eigenvalue weighted by Crippen LogP contribution is 2.22. The number of hydrogen-bond acceptors (Lipinski definition) is 6. The summed E-state index contributed by atoms with van der Waals surface area (Å²) in [7, 11) is 0. The molecule has 178 valence electrons. The van der Waals surface area contributed by atoms with Crippen LogP contribution in [0.4, 0.5) is 0 Å². The van der Waals surface area contributed by atoms with Crippen LogP contribution in [0.5, 0.6) is 0 Å². The summed E-state index contributed by atoms with van der Waals surface area (Å²) in [6.45, 7) is 0.517. The van der Waals surface area contributed by atoms with Crippen molar-refractivity contribution in [1.82, 2.24) is 20.9 Å². The topological polar surface area (TPSA) is 109 Å². The second kappa shape index (κ2) is 12.0. The predicted octanol–water partition coefficient (Wildman–Crippen LogP) is 2.25. The number of para-hydroxylation sites is 1. The van der Waals surface area contributed by atoms with E-state index in [2.05, 4.69) is 40.2 Å². The lowest BCUT2D eigenvalue weighted by Crippen LogP contribution is -2.46. The first kappa shape index (κ1) is 24.2. The molecular formula is C26H31N5O2S. The minimum absolute atomic E-state index is 0.00883. The van der Waals surface area contributed by atoms with Crippen molar-refractivity contribution in [2.24, 2.45) is 5.73 Å². The number of thioether (sulfide) groups is 1. The molecule has 1 aliphatic rings. The number of carbonyl (C=O) groups is 2. The average Bonchev–Trinajstić information content (AvgIpc) is 3.34. The van der Waals surface area contributed by atoms with Crippen LogP contribution in [0.1, 0.15) is 18.4 Å². The van der Waals surface area contributed by atoms with E-state index >= 15 is 0 Å². The molecule has 34 heavy (non-hydrogen) atoms. The van der Waals surface area contributed by atoms with E-state index in [9.17, 15) is 9.59 Å². The number of nitrogens with one attached hydrogen (secondary N) is 3. The van der Waals surface area contributed by atoms with Gasteiger partial charge in [0.2, 0.25) is 11.8 Å². The van der Waals surface area contributed by atoms with Gasteiger partial charge in [-0.05, 0) is 37.0 Å². The molecule has 0 aliphatic carbocycles. The largest absolute Gasteiger partial charge is 0.351 e. The molecule has 0 spiro atoms. The summed E-state index contributed by atoms with van der Waals surface area (Å²) in [5.74, 6) is 0.492. The zero-order chi connectivity index (χ0) is 23.8. The van der Waals surface area contributed by atoms with E-state index in [4.69, 9.17) is 10.7 Å². The first-order chi connectivity index (χ1) is 16.6. The van der Waals surface area contributed by atoms with Gasteiger partial charge in [0.1, 0.15) is 0 Å². The van der Waals surface area contributed by atoms with Crippen LogP contribution in [0.2, 0.25) is 0 Å². The van der Waals surface area contributed by atoms with Crippen LogP contribution < -0.4 is 21.7 Å². The van der Waals surface area contributed by atoms with E-state index < -0.39 is 0 Å². The highest BCUT2D eigenvalue weighted by Gasteiger charge is 2.31. The fraction of sp³-hybridized carbons (Fsp3) is 0.346. The first-order valence-electron chi connectivity index (χ1n) is 11.7. The van der Waals surface area contributed by atoms with Crippen molar-refractivity contribution in [2.75, 3.05) is 18.8 Å². The van der Waals surface area contributed by atoms with Gasteiger partial charge in [0.15, 0.2) is 0 Å². The molecule has 0 bridgehead atoms. The molecule has 1 fully saturated rings. The molecule has 3 unspecified atom stereocenters. The maximum Gasteiger partial charge on any atom is 0.237 e. The number of amides is 2. The van der Waals surface area contributed by atoms with E-state index in [1.807, 2.05) is 42.5 Å². The highest BCUT2D eigenvalue weighted by atomic mass is 32.2. The van der Waals surface area contributed by atoms with Gasteiger partial charge in [-0.3, -0.25) is 9.59 Å². The molecule has 0 radical (unpaired) electrons. The third-order valence-electron chi connectivity index (χ3n) is 5.97. The summed E-state index contributed by atoms with van der Waals surface area (Å²) in [4.78, 5) is 29.3. The van der Waals surface area contributed by atoms with Crippen LogP contribution >= 0.6 is 11.8 Å². The zero-order valence-electron chi connectivity index (χ0n) is 19.1. The van der Waals surface area contributed by atoms with Gasteiger partial charge in [0.25, 0.3) is 0 Å². The smallest absolute Gasteiger partial charge is 0.237 e. The SMILES string of the molecule is NCC(=O)NC1CNC(C(=O)NC(CCc2ccccc2)CSc2ccc3ccccc3n2)C1. The number of nitrogens with zero attached hydrogens (tertiary/aromatic N) is 1. The van der Waals surface area contributed by atoms with Gasteiger partial charge >= 0.3 is 0 Å². The predicted molar refractivity (Wildman–Crippen MR) is 137 cm³/mol. The number of carbonyl (C=O) groups excluding carboxylic acids is 2. The fourth-order valence-corrected chi connectivity index (χ4v) is 5.08. The average molecular weight is 478 g/mol. The normalized spacial score (nSPS) is 18.5. The Labute approximate surface area is 204 Å². The van der Waals surface area contributed by atoms with Crippen molar-refractivity contribution in [2.45, 2.75) is 42.4 Å². The van der Waals surface area contributed by atoms with Crippen molar-refractivity contribution in [3.05, 3.63) is 72.3 Å². The molecule has 3 aromatic rings. The molecule has 2 heterocycles. The molecule has 1 aliphatic heterocycles. The fourth-order valence-electron chi connectivity index (χ4n) is 4.13. The van der Waals surface area contributed by atoms with Crippen LogP contribution in [-0.4, -0.2) is 53.8 Å². The lowest BCUT2D eigenvalue weighted by molar-refractivity contribution is -0.124. The molecule has 2 amide bonds. The third kappa shape index (κ3) is 6.79. The van der Waals surface area contributed by atoms with Gasteiger partial charge in [-0.15, -0.1) is 11.8 Å². The molecule has 8 heteroatoms. The molecule has 1 saturated heterocycles. The van der Waals surface area contributed by atoms with Crippen LogP contribution in [0.3, 0.4) is 0 Å². The van der Waals surface area contributed by atoms with Crippen molar-refractivity contribution in [3.63, 3.8) is 0 Å². The number of aryl methyl sites for hydroxylation is 1. The summed E-state index contributed by atoms with van der Waals surface area (Å²) in [5.41, 5.74) is 7.60. The molecule has 4 rings (SSSR count). The van der Waals surface area contributed by atoms with E-state index in [1.54, 1.807) is 11.8 Å². The number of rotatable bonds is 10. The molecular weight excluding hydrogens is 446 g/mol.